The largest absolute Gasteiger partial charge is 0.317 e. The average molecular weight is 399 g/mol. The minimum atomic E-state index is -0.462. The van der Waals surface area contributed by atoms with E-state index in [1.165, 1.54) is 17.0 Å². The Morgan fingerprint density at radius 3 is 2.57 bits per heavy atom. The van der Waals surface area contributed by atoms with Crippen LogP contribution in [0, 0.1) is 10.1 Å². The standard InChI is InChI=1S/C18H17N5O4S/c24-17-16(28-18(25)22(17)14-5-8-19-9-6-14)11-12-7-10-21(20-12)13-1-3-15(4-2-13)23(26)27/h1-4,7,10-11,14,19H,5-6,8-9H2/b16-11-. The van der Waals surface area contributed by atoms with Gasteiger partial charge < -0.3 is 5.32 Å². The van der Waals surface area contributed by atoms with Crippen molar-refractivity contribution in [3.8, 4) is 5.69 Å². The maximum atomic E-state index is 12.7. The summed E-state index contributed by atoms with van der Waals surface area (Å²) < 4.78 is 1.56. The summed E-state index contributed by atoms with van der Waals surface area (Å²) in [6, 6.07) is 7.67. The van der Waals surface area contributed by atoms with Crippen molar-refractivity contribution >= 4 is 34.7 Å². The first-order valence-corrected chi connectivity index (χ1v) is 9.63. The van der Waals surface area contributed by atoms with E-state index in [1.807, 2.05) is 0 Å². The third kappa shape index (κ3) is 3.56. The van der Waals surface area contributed by atoms with E-state index in [1.54, 1.807) is 35.2 Å². The molecular formula is C18H17N5O4S. The Bertz CT molecular complexity index is 963. The molecule has 0 spiro atoms. The van der Waals surface area contributed by atoms with Gasteiger partial charge in [-0.05, 0) is 62.0 Å². The Morgan fingerprint density at radius 1 is 1.18 bits per heavy atom. The number of rotatable bonds is 4. The van der Waals surface area contributed by atoms with Crippen LogP contribution < -0.4 is 5.32 Å². The fourth-order valence-corrected chi connectivity index (χ4v) is 4.16. The van der Waals surface area contributed by atoms with Crippen LogP contribution in [0.1, 0.15) is 18.5 Å². The van der Waals surface area contributed by atoms with Crippen LogP contribution in [0.3, 0.4) is 0 Å². The predicted octanol–water partition coefficient (Wildman–Crippen LogP) is 2.57. The predicted molar refractivity (Wildman–Crippen MR) is 104 cm³/mol. The molecule has 28 heavy (non-hydrogen) atoms. The molecule has 2 amide bonds. The summed E-state index contributed by atoms with van der Waals surface area (Å²) in [7, 11) is 0. The summed E-state index contributed by atoms with van der Waals surface area (Å²) in [5, 5.41) is 18.1. The normalized spacial score (nSPS) is 19.6. The molecule has 0 bridgehead atoms. The Morgan fingerprint density at radius 2 is 1.89 bits per heavy atom. The molecule has 144 valence electrons. The first-order chi connectivity index (χ1) is 13.5. The molecular weight excluding hydrogens is 382 g/mol. The summed E-state index contributed by atoms with van der Waals surface area (Å²) in [5.41, 5.74) is 1.20. The van der Waals surface area contributed by atoms with E-state index in [-0.39, 0.29) is 22.9 Å². The van der Waals surface area contributed by atoms with E-state index < -0.39 is 4.92 Å². The average Bonchev–Trinajstić information content (AvgIpc) is 3.27. The molecule has 1 aromatic carbocycles. The zero-order valence-electron chi connectivity index (χ0n) is 14.8. The number of benzene rings is 1. The molecule has 2 aliphatic rings. The highest BCUT2D eigenvalue weighted by atomic mass is 32.2. The van der Waals surface area contributed by atoms with Crippen LogP contribution in [0.2, 0.25) is 0 Å². The number of nitrogens with zero attached hydrogens (tertiary/aromatic N) is 4. The fourth-order valence-electron chi connectivity index (χ4n) is 3.28. The van der Waals surface area contributed by atoms with Crippen LogP contribution >= 0.6 is 11.8 Å². The number of carbonyl (C=O) groups excluding carboxylic acids is 2. The maximum Gasteiger partial charge on any atom is 0.293 e. The monoisotopic (exact) mass is 399 g/mol. The minimum Gasteiger partial charge on any atom is -0.317 e. The highest BCUT2D eigenvalue weighted by Crippen LogP contribution is 2.35. The molecule has 0 saturated carbocycles. The summed E-state index contributed by atoms with van der Waals surface area (Å²) in [6.07, 6.45) is 4.83. The first kappa shape index (κ1) is 18.4. The number of nitro benzene ring substituents is 1. The third-order valence-electron chi connectivity index (χ3n) is 4.71. The van der Waals surface area contributed by atoms with Crippen LogP contribution in [0.5, 0.6) is 0 Å². The summed E-state index contributed by atoms with van der Waals surface area (Å²) in [4.78, 5) is 37.0. The molecule has 9 nitrogen and oxygen atoms in total. The van der Waals surface area contributed by atoms with Crippen LogP contribution in [-0.4, -0.2) is 49.9 Å². The number of piperidine rings is 1. The van der Waals surface area contributed by atoms with Gasteiger partial charge in [-0.25, -0.2) is 4.68 Å². The van der Waals surface area contributed by atoms with Crippen molar-refractivity contribution in [3.63, 3.8) is 0 Å². The zero-order chi connectivity index (χ0) is 19.7. The molecule has 2 aromatic rings. The van der Waals surface area contributed by atoms with Gasteiger partial charge in [-0.2, -0.15) is 5.10 Å². The number of thioether (sulfide) groups is 1. The van der Waals surface area contributed by atoms with Crippen molar-refractivity contribution in [2.75, 3.05) is 13.1 Å². The second kappa shape index (κ2) is 7.56. The molecule has 2 saturated heterocycles. The van der Waals surface area contributed by atoms with E-state index >= 15 is 0 Å². The Kier molecular flexibility index (Phi) is 4.97. The van der Waals surface area contributed by atoms with E-state index in [2.05, 4.69) is 10.4 Å². The summed E-state index contributed by atoms with van der Waals surface area (Å²) in [6.45, 7) is 1.59. The van der Waals surface area contributed by atoms with E-state index in [9.17, 15) is 19.7 Å². The van der Waals surface area contributed by atoms with Crippen molar-refractivity contribution in [3.05, 3.63) is 57.2 Å². The highest BCUT2D eigenvalue weighted by molar-refractivity contribution is 8.18. The summed E-state index contributed by atoms with van der Waals surface area (Å²) in [5.74, 6) is -0.271. The lowest BCUT2D eigenvalue weighted by atomic mass is 10.1. The SMILES string of the molecule is O=C1S/C(=C\c2ccn(-c3ccc([N+](=O)[O-])cc3)n2)C(=O)N1C1CCNCC1. The van der Waals surface area contributed by atoms with Gasteiger partial charge in [0.2, 0.25) is 0 Å². The van der Waals surface area contributed by atoms with Crippen LogP contribution in [0.15, 0.2) is 41.4 Å². The Balaban J connectivity index is 1.52. The van der Waals surface area contributed by atoms with Crippen LogP contribution in [0.4, 0.5) is 10.5 Å². The Labute approximate surface area is 164 Å². The topological polar surface area (TPSA) is 110 Å². The van der Waals surface area contributed by atoms with Crippen molar-refractivity contribution in [2.24, 2.45) is 0 Å². The molecule has 2 aliphatic heterocycles. The van der Waals surface area contributed by atoms with E-state index in [0.717, 1.165) is 37.7 Å². The van der Waals surface area contributed by atoms with Crippen LogP contribution in [0.25, 0.3) is 11.8 Å². The van der Waals surface area contributed by atoms with Gasteiger partial charge in [0.05, 0.1) is 21.2 Å². The third-order valence-corrected chi connectivity index (χ3v) is 5.59. The molecule has 1 N–H and O–H groups in total. The van der Waals surface area contributed by atoms with E-state index in [0.29, 0.717) is 16.3 Å². The van der Waals surface area contributed by atoms with Gasteiger partial charge in [-0.1, -0.05) is 0 Å². The molecule has 0 radical (unpaired) electrons. The maximum absolute atomic E-state index is 12.7. The lowest BCUT2D eigenvalue weighted by Crippen LogP contribution is -2.45. The lowest BCUT2D eigenvalue weighted by molar-refractivity contribution is -0.384. The molecule has 0 unspecified atom stereocenters. The second-order valence-corrected chi connectivity index (χ2v) is 7.48. The molecule has 10 heteroatoms. The smallest absolute Gasteiger partial charge is 0.293 e. The van der Waals surface area contributed by atoms with E-state index in [4.69, 9.17) is 0 Å². The number of imide groups is 1. The number of nitro groups is 1. The van der Waals surface area contributed by atoms with Crippen molar-refractivity contribution in [1.29, 1.82) is 0 Å². The van der Waals surface area contributed by atoms with Crippen molar-refractivity contribution in [1.82, 2.24) is 20.0 Å². The number of nitrogens with one attached hydrogen (secondary N) is 1. The van der Waals surface area contributed by atoms with Gasteiger partial charge in [0.1, 0.15) is 0 Å². The number of aromatic nitrogens is 2. The minimum absolute atomic E-state index is 0.00252. The molecule has 0 atom stereocenters. The number of non-ortho nitro benzene ring substituents is 1. The zero-order valence-corrected chi connectivity index (χ0v) is 15.6. The Hall–Kier alpha value is -2.98. The van der Waals surface area contributed by atoms with Gasteiger partial charge in [0.15, 0.2) is 0 Å². The van der Waals surface area contributed by atoms with Gasteiger partial charge in [-0.3, -0.25) is 24.6 Å². The number of hydrogen-bond donors (Lipinski definition) is 1. The van der Waals surface area contributed by atoms with Crippen molar-refractivity contribution < 1.29 is 14.5 Å². The number of amides is 2. The van der Waals surface area contributed by atoms with Crippen molar-refractivity contribution in [2.45, 2.75) is 18.9 Å². The molecule has 1 aromatic heterocycles. The van der Waals surface area contributed by atoms with Crippen LogP contribution in [-0.2, 0) is 4.79 Å². The molecule has 3 heterocycles. The second-order valence-electron chi connectivity index (χ2n) is 6.49. The van der Waals surface area contributed by atoms with Gasteiger partial charge in [0.25, 0.3) is 16.8 Å². The molecule has 0 aliphatic carbocycles. The first-order valence-electron chi connectivity index (χ1n) is 8.81. The fraction of sp³-hybridized carbons (Fsp3) is 0.278. The molecule has 2 fully saturated rings. The summed E-state index contributed by atoms with van der Waals surface area (Å²) >= 11 is 0.934. The number of hydrogen-bond acceptors (Lipinski definition) is 7. The van der Waals surface area contributed by atoms with Gasteiger partial charge in [0, 0.05) is 24.4 Å². The molecule has 4 rings (SSSR count). The van der Waals surface area contributed by atoms with Gasteiger partial charge in [-0.15, -0.1) is 0 Å². The highest BCUT2D eigenvalue weighted by Gasteiger charge is 2.40. The quantitative estimate of drug-likeness (QED) is 0.478. The lowest BCUT2D eigenvalue weighted by Gasteiger charge is -2.29. The van der Waals surface area contributed by atoms with Gasteiger partial charge >= 0.3 is 0 Å². The number of carbonyl (C=O) groups is 2.